The van der Waals surface area contributed by atoms with Gasteiger partial charge in [0.2, 0.25) is 0 Å². The molecule has 2 aromatic carbocycles. The van der Waals surface area contributed by atoms with Crippen molar-refractivity contribution < 1.29 is 0 Å². The second-order valence-electron chi connectivity index (χ2n) is 8.31. The van der Waals surface area contributed by atoms with E-state index >= 15 is 0 Å². The van der Waals surface area contributed by atoms with Crippen molar-refractivity contribution in [2.75, 3.05) is 6.54 Å². The summed E-state index contributed by atoms with van der Waals surface area (Å²) in [5, 5.41) is 12.4. The second-order valence-corrected chi connectivity index (χ2v) is 8.31. The number of hydrogen-bond donors (Lipinski definition) is 0. The highest BCUT2D eigenvalue weighted by molar-refractivity contribution is 6.07. The molecule has 140 valence electrons. The second kappa shape index (κ2) is 7.02. The molecular weight excluding hydrogens is 330 g/mol. The largest absolute Gasteiger partial charge is 0.340 e. The fourth-order valence-electron chi connectivity index (χ4n) is 4.51. The minimum Gasteiger partial charge on any atom is -0.340 e. The van der Waals surface area contributed by atoms with Crippen molar-refractivity contribution in [1.82, 2.24) is 9.47 Å². The van der Waals surface area contributed by atoms with Gasteiger partial charge >= 0.3 is 0 Å². The Morgan fingerprint density at radius 3 is 2.04 bits per heavy atom. The monoisotopic (exact) mass is 359 g/mol. The van der Waals surface area contributed by atoms with Crippen LogP contribution in [0.1, 0.15) is 40.0 Å². The van der Waals surface area contributed by atoms with Gasteiger partial charge in [0.25, 0.3) is 0 Å². The van der Waals surface area contributed by atoms with Gasteiger partial charge in [-0.25, -0.2) is 0 Å². The molecule has 1 fully saturated rings. The summed E-state index contributed by atoms with van der Waals surface area (Å²) in [6.07, 6.45) is 3.16. The molecule has 0 N–H and O–H groups in total. The first-order chi connectivity index (χ1) is 13.1. The molecule has 1 aromatic heterocycles. The molecule has 1 heterocycles. The van der Waals surface area contributed by atoms with E-state index in [1.54, 1.807) is 0 Å². The maximum atomic E-state index is 9.70. The Labute approximate surface area is 162 Å². The van der Waals surface area contributed by atoms with Crippen molar-refractivity contribution in [3.8, 4) is 6.07 Å². The zero-order chi connectivity index (χ0) is 19.0. The first kappa shape index (κ1) is 18.1. The number of aromatic nitrogens is 1. The van der Waals surface area contributed by atoms with Gasteiger partial charge < -0.3 is 4.57 Å². The molecule has 3 heteroatoms. The first-order valence-electron chi connectivity index (χ1n) is 10.2. The summed E-state index contributed by atoms with van der Waals surface area (Å²) in [5.41, 5.74) is 2.42. The fourth-order valence-corrected chi connectivity index (χ4v) is 4.51. The van der Waals surface area contributed by atoms with E-state index in [1.165, 1.54) is 21.8 Å². The maximum Gasteiger partial charge on any atom is 0.109 e. The van der Waals surface area contributed by atoms with Gasteiger partial charge in [0.15, 0.2) is 0 Å². The third-order valence-electron chi connectivity index (χ3n) is 6.26. The molecule has 0 bridgehead atoms. The SMILES string of the molecule is CCC(CN(C(C)C)C1(C#N)CC1)Cn1c2ccccc2c2ccccc21. The number of benzene rings is 2. The van der Waals surface area contributed by atoms with Crippen molar-refractivity contribution in [2.24, 2.45) is 5.92 Å². The molecule has 3 aromatic rings. The van der Waals surface area contributed by atoms with Gasteiger partial charge in [-0.1, -0.05) is 49.7 Å². The molecule has 0 amide bonds. The average molecular weight is 360 g/mol. The third kappa shape index (κ3) is 3.13. The standard InChI is InChI=1S/C24H29N3/c1-4-19(16-27(18(2)3)24(17-25)13-14-24)15-26-22-11-7-5-9-20(22)21-10-6-8-12-23(21)26/h5-12,18-19H,4,13-16H2,1-3H3. The summed E-state index contributed by atoms with van der Waals surface area (Å²) in [6, 6.07) is 20.4. The van der Waals surface area contributed by atoms with Crippen LogP contribution in [0.5, 0.6) is 0 Å². The molecule has 1 atom stereocenters. The Balaban J connectivity index is 1.68. The maximum absolute atomic E-state index is 9.70. The summed E-state index contributed by atoms with van der Waals surface area (Å²) in [6.45, 7) is 8.72. The van der Waals surface area contributed by atoms with Crippen LogP contribution in [0, 0.1) is 17.2 Å². The van der Waals surface area contributed by atoms with Crippen molar-refractivity contribution in [3.63, 3.8) is 0 Å². The molecule has 0 spiro atoms. The number of para-hydroxylation sites is 2. The lowest BCUT2D eigenvalue weighted by Gasteiger charge is -2.34. The van der Waals surface area contributed by atoms with E-state index < -0.39 is 0 Å². The summed E-state index contributed by atoms with van der Waals surface area (Å²) < 4.78 is 2.49. The van der Waals surface area contributed by atoms with E-state index in [0.29, 0.717) is 12.0 Å². The number of nitrogens with zero attached hydrogens (tertiary/aromatic N) is 3. The first-order valence-corrected chi connectivity index (χ1v) is 10.2. The molecule has 0 radical (unpaired) electrons. The summed E-state index contributed by atoms with van der Waals surface area (Å²) in [7, 11) is 0. The lowest BCUT2D eigenvalue weighted by Crippen LogP contribution is -2.45. The minimum atomic E-state index is -0.206. The number of rotatable bonds is 7. The Bertz CT molecular complexity index is 934. The number of fused-ring (bicyclic) bond motifs is 3. The highest BCUT2D eigenvalue weighted by Crippen LogP contribution is 2.43. The van der Waals surface area contributed by atoms with E-state index in [4.69, 9.17) is 0 Å². The van der Waals surface area contributed by atoms with Crippen molar-refractivity contribution in [2.45, 2.75) is 58.2 Å². The van der Waals surface area contributed by atoms with Gasteiger partial charge in [0.05, 0.1) is 6.07 Å². The molecule has 3 nitrogen and oxygen atoms in total. The topological polar surface area (TPSA) is 32.0 Å². The van der Waals surface area contributed by atoms with Gasteiger partial charge in [-0.05, 0) is 44.7 Å². The highest BCUT2D eigenvalue weighted by Gasteiger charge is 2.49. The minimum absolute atomic E-state index is 0.206. The van der Waals surface area contributed by atoms with Gasteiger partial charge in [0.1, 0.15) is 5.54 Å². The number of nitriles is 1. The van der Waals surface area contributed by atoms with E-state index in [9.17, 15) is 5.26 Å². The molecule has 0 aliphatic heterocycles. The predicted octanol–water partition coefficient (Wildman–Crippen LogP) is 5.59. The van der Waals surface area contributed by atoms with E-state index in [1.807, 2.05) is 0 Å². The van der Waals surface area contributed by atoms with Crippen LogP contribution < -0.4 is 0 Å². The summed E-state index contributed by atoms with van der Waals surface area (Å²) >= 11 is 0. The van der Waals surface area contributed by atoms with Crippen LogP contribution in [-0.4, -0.2) is 27.6 Å². The molecule has 4 rings (SSSR count). The Kier molecular flexibility index (Phi) is 4.70. The lowest BCUT2D eigenvalue weighted by molar-refractivity contribution is 0.134. The molecule has 0 saturated heterocycles. The average Bonchev–Trinajstić information content (AvgIpc) is 3.43. The van der Waals surface area contributed by atoms with E-state index in [0.717, 1.165) is 32.4 Å². The predicted molar refractivity (Wildman–Crippen MR) is 113 cm³/mol. The number of hydrogen-bond acceptors (Lipinski definition) is 2. The Morgan fingerprint density at radius 2 is 1.59 bits per heavy atom. The third-order valence-corrected chi connectivity index (χ3v) is 6.26. The molecule has 1 aliphatic carbocycles. The smallest absolute Gasteiger partial charge is 0.109 e. The molecule has 27 heavy (non-hydrogen) atoms. The van der Waals surface area contributed by atoms with Crippen LogP contribution >= 0.6 is 0 Å². The quantitative estimate of drug-likeness (QED) is 0.551. The van der Waals surface area contributed by atoms with Crippen LogP contribution in [0.2, 0.25) is 0 Å². The lowest BCUT2D eigenvalue weighted by atomic mass is 10.0. The van der Waals surface area contributed by atoms with Crippen molar-refractivity contribution in [3.05, 3.63) is 48.5 Å². The van der Waals surface area contributed by atoms with Gasteiger partial charge in [0, 0.05) is 40.9 Å². The Morgan fingerprint density at radius 1 is 1.04 bits per heavy atom. The molecule has 1 aliphatic rings. The molecular formula is C24H29N3. The van der Waals surface area contributed by atoms with Crippen molar-refractivity contribution >= 4 is 21.8 Å². The van der Waals surface area contributed by atoms with Crippen LogP contribution in [0.3, 0.4) is 0 Å². The van der Waals surface area contributed by atoms with Crippen molar-refractivity contribution in [1.29, 1.82) is 5.26 Å². The zero-order valence-electron chi connectivity index (χ0n) is 16.7. The van der Waals surface area contributed by atoms with E-state index in [2.05, 4.69) is 84.8 Å². The zero-order valence-corrected chi connectivity index (χ0v) is 16.7. The van der Waals surface area contributed by atoms with Gasteiger partial charge in [-0.2, -0.15) is 5.26 Å². The molecule has 1 saturated carbocycles. The van der Waals surface area contributed by atoms with Gasteiger partial charge in [-0.15, -0.1) is 0 Å². The summed E-state index contributed by atoms with van der Waals surface area (Å²) in [4.78, 5) is 2.45. The van der Waals surface area contributed by atoms with Crippen LogP contribution in [0.4, 0.5) is 0 Å². The highest BCUT2D eigenvalue weighted by atomic mass is 15.2. The normalized spacial score (nSPS) is 16.9. The van der Waals surface area contributed by atoms with Crippen LogP contribution in [-0.2, 0) is 6.54 Å². The Hall–Kier alpha value is -2.31. The van der Waals surface area contributed by atoms with Gasteiger partial charge in [-0.3, -0.25) is 4.90 Å². The fraction of sp³-hybridized carbons (Fsp3) is 0.458. The van der Waals surface area contributed by atoms with Crippen LogP contribution in [0.15, 0.2) is 48.5 Å². The molecule has 1 unspecified atom stereocenters. The van der Waals surface area contributed by atoms with Crippen LogP contribution in [0.25, 0.3) is 21.8 Å². The summed E-state index contributed by atoms with van der Waals surface area (Å²) in [5.74, 6) is 0.525. The van der Waals surface area contributed by atoms with E-state index in [-0.39, 0.29) is 5.54 Å².